The third-order valence-corrected chi connectivity index (χ3v) is 5.10. The Balaban J connectivity index is 1.42. The van der Waals surface area contributed by atoms with Gasteiger partial charge in [-0.3, -0.25) is 4.90 Å². The molecule has 33 heavy (non-hydrogen) atoms. The molecule has 3 aromatic carbocycles. The lowest BCUT2D eigenvalue weighted by Gasteiger charge is -2.21. The minimum Gasteiger partial charge on any atom is -0.493 e. The predicted molar refractivity (Wildman–Crippen MR) is 131 cm³/mol. The molecule has 176 valence electrons. The second-order valence-corrected chi connectivity index (χ2v) is 7.97. The Kier molecular flexibility index (Phi) is 10.0. The average molecular weight is 451 g/mol. The number of nitrogens with zero attached hydrogens (tertiary/aromatic N) is 1. The Labute approximate surface area is 196 Å². The van der Waals surface area contributed by atoms with Gasteiger partial charge >= 0.3 is 0 Å². The number of methoxy groups -OCH3 is 1. The van der Waals surface area contributed by atoms with Crippen molar-refractivity contribution in [3.8, 4) is 17.2 Å². The summed E-state index contributed by atoms with van der Waals surface area (Å²) in [5.74, 6) is 2.14. The van der Waals surface area contributed by atoms with Gasteiger partial charge in [0.1, 0.15) is 25.1 Å². The molecule has 0 aromatic heterocycles. The highest BCUT2D eigenvalue weighted by Gasteiger charge is 2.12. The standard InChI is InChI=1S/C27H34N2O4/c1-29(19-22-9-5-3-6-10-22)20-24(30)21-33-27-17-23(13-14-26(27)31-2)18-28-15-16-32-25-11-7-4-8-12-25/h3-14,17,24,28,30H,15-16,18-21H2,1-2H3. The SMILES string of the molecule is COc1ccc(CNCCOc2ccccc2)cc1OCC(O)CN(C)Cc1ccccc1. The maximum atomic E-state index is 10.5. The predicted octanol–water partition coefficient (Wildman–Crippen LogP) is 3.74. The van der Waals surface area contributed by atoms with Crippen LogP contribution in [0.4, 0.5) is 0 Å². The van der Waals surface area contributed by atoms with Gasteiger partial charge in [-0.05, 0) is 42.4 Å². The van der Waals surface area contributed by atoms with Gasteiger partial charge in [0.15, 0.2) is 11.5 Å². The van der Waals surface area contributed by atoms with Crippen molar-refractivity contribution in [3.63, 3.8) is 0 Å². The van der Waals surface area contributed by atoms with Gasteiger partial charge in [0, 0.05) is 26.2 Å². The highest BCUT2D eigenvalue weighted by atomic mass is 16.5. The number of hydrogen-bond donors (Lipinski definition) is 2. The van der Waals surface area contributed by atoms with Crippen molar-refractivity contribution in [2.75, 3.05) is 40.5 Å². The van der Waals surface area contributed by atoms with E-state index in [0.717, 1.165) is 24.4 Å². The van der Waals surface area contributed by atoms with Gasteiger partial charge in [-0.2, -0.15) is 0 Å². The number of aliphatic hydroxyl groups is 1. The molecule has 0 aliphatic carbocycles. The fourth-order valence-corrected chi connectivity index (χ4v) is 3.49. The molecule has 0 radical (unpaired) electrons. The van der Waals surface area contributed by atoms with Gasteiger partial charge in [-0.25, -0.2) is 0 Å². The Morgan fingerprint density at radius 3 is 2.33 bits per heavy atom. The second kappa shape index (κ2) is 13.5. The van der Waals surface area contributed by atoms with Crippen LogP contribution in [-0.2, 0) is 13.1 Å². The summed E-state index contributed by atoms with van der Waals surface area (Å²) in [6.07, 6.45) is -0.611. The summed E-state index contributed by atoms with van der Waals surface area (Å²) in [5.41, 5.74) is 2.28. The van der Waals surface area contributed by atoms with E-state index in [1.165, 1.54) is 5.56 Å². The lowest BCUT2D eigenvalue weighted by atomic mass is 10.2. The van der Waals surface area contributed by atoms with Gasteiger partial charge in [0.2, 0.25) is 0 Å². The summed E-state index contributed by atoms with van der Waals surface area (Å²) in [6.45, 7) is 3.48. The molecule has 2 N–H and O–H groups in total. The molecule has 3 aromatic rings. The van der Waals surface area contributed by atoms with Crippen molar-refractivity contribution in [1.82, 2.24) is 10.2 Å². The third kappa shape index (κ3) is 8.77. The zero-order valence-electron chi connectivity index (χ0n) is 19.4. The quantitative estimate of drug-likeness (QED) is 0.365. The minimum absolute atomic E-state index is 0.192. The minimum atomic E-state index is -0.611. The summed E-state index contributed by atoms with van der Waals surface area (Å²) in [7, 11) is 3.61. The Morgan fingerprint density at radius 1 is 0.879 bits per heavy atom. The van der Waals surface area contributed by atoms with E-state index in [1.807, 2.05) is 73.8 Å². The Hall–Kier alpha value is -3.06. The first-order chi connectivity index (χ1) is 16.1. The summed E-state index contributed by atoms with van der Waals surface area (Å²) in [5, 5.41) is 13.8. The highest BCUT2D eigenvalue weighted by Crippen LogP contribution is 2.28. The van der Waals surface area contributed by atoms with Crippen molar-refractivity contribution < 1.29 is 19.3 Å². The maximum absolute atomic E-state index is 10.5. The number of likely N-dealkylation sites (N-methyl/N-ethyl adjacent to an activating group) is 1. The van der Waals surface area contributed by atoms with Gasteiger partial charge in [0.05, 0.1) is 7.11 Å². The lowest BCUT2D eigenvalue weighted by Crippen LogP contribution is -2.32. The molecule has 0 saturated carbocycles. The molecule has 6 heteroatoms. The maximum Gasteiger partial charge on any atom is 0.161 e. The molecule has 0 spiro atoms. The normalized spacial score (nSPS) is 11.9. The number of benzene rings is 3. The molecule has 0 aliphatic rings. The van der Waals surface area contributed by atoms with E-state index in [0.29, 0.717) is 31.2 Å². The van der Waals surface area contributed by atoms with Crippen molar-refractivity contribution in [1.29, 1.82) is 0 Å². The van der Waals surface area contributed by atoms with E-state index in [2.05, 4.69) is 22.3 Å². The van der Waals surface area contributed by atoms with Crippen molar-refractivity contribution >= 4 is 0 Å². The van der Waals surface area contributed by atoms with E-state index in [1.54, 1.807) is 7.11 Å². The van der Waals surface area contributed by atoms with Gasteiger partial charge in [0.25, 0.3) is 0 Å². The molecule has 0 heterocycles. The van der Waals surface area contributed by atoms with Crippen LogP contribution in [0.15, 0.2) is 78.9 Å². The molecule has 0 amide bonds. The molecule has 1 unspecified atom stereocenters. The van der Waals surface area contributed by atoms with E-state index in [-0.39, 0.29) is 6.61 Å². The van der Waals surface area contributed by atoms with Crippen LogP contribution < -0.4 is 19.5 Å². The monoisotopic (exact) mass is 450 g/mol. The van der Waals surface area contributed by atoms with Crippen molar-refractivity contribution in [2.24, 2.45) is 0 Å². The van der Waals surface area contributed by atoms with Crippen LogP contribution in [0.25, 0.3) is 0 Å². The highest BCUT2D eigenvalue weighted by molar-refractivity contribution is 5.43. The smallest absolute Gasteiger partial charge is 0.161 e. The van der Waals surface area contributed by atoms with E-state index < -0.39 is 6.10 Å². The second-order valence-electron chi connectivity index (χ2n) is 7.97. The first-order valence-corrected chi connectivity index (χ1v) is 11.2. The van der Waals surface area contributed by atoms with Crippen molar-refractivity contribution in [3.05, 3.63) is 90.0 Å². The van der Waals surface area contributed by atoms with Gasteiger partial charge < -0.3 is 24.6 Å². The molecule has 0 bridgehead atoms. The number of nitrogens with one attached hydrogen (secondary N) is 1. The number of hydrogen-bond acceptors (Lipinski definition) is 6. The number of aliphatic hydroxyl groups excluding tert-OH is 1. The number of para-hydroxylation sites is 1. The number of rotatable bonds is 14. The van der Waals surface area contributed by atoms with Crippen LogP contribution in [0, 0.1) is 0 Å². The molecule has 0 fully saturated rings. The molecule has 3 rings (SSSR count). The van der Waals surface area contributed by atoms with E-state index >= 15 is 0 Å². The topological polar surface area (TPSA) is 63.2 Å². The molecule has 1 atom stereocenters. The first kappa shape index (κ1) is 24.6. The van der Waals surface area contributed by atoms with E-state index in [9.17, 15) is 5.11 Å². The zero-order valence-corrected chi connectivity index (χ0v) is 19.4. The van der Waals surface area contributed by atoms with Crippen LogP contribution in [0.3, 0.4) is 0 Å². The fourth-order valence-electron chi connectivity index (χ4n) is 3.49. The Morgan fingerprint density at radius 2 is 1.61 bits per heavy atom. The fraction of sp³-hybridized carbons (Fsp3) is 0.333. The lowest BCUT2D eigenvalue weighted by molar-refractivity contribution is 0.0732. The summed E-state index contributed by atoms with van der Waals surface area (Å²) in [6, 6.07) is 25.8. The molecule has 0 saturated heterocycles. The van der Waals surface area contributed by atoms with Crippen molar-refractivity contribution in [2.45, 2.75) is 19.2 Å². The largest absolute Gasteiger partial charge is 0.493 e. The molecule has 6 nitrogen and oxygen atoms in total. The molecular formula is C27H34N2O4. The third-order valence-electron chi connectivity index (χ3n) is 5.10. The first-order valence-electron chi connectivity index (χ1n) is 11.2. The van der Waals surface area contributed by atoms with Crippen LogP contribution in [0.1, 0.15) is 11.1 Å². The number of ether oxygens (including phenoxy) is 3. The zero-order chi connectivity index (χ0) is 23.3. The molecule has 0 aliphatic heterocycles. The summed E-state index contributed by atoms with van der Waals surface area (Å²) < 4.78 is 17.0. The Bertz CT molecular complexity index is 937. The van der Waals surface area contributed by atoms with Gasteiger partial charge in [-0.1, -0.05) is 54.6 Å². The molecular weight excluding hydrogens is 416 g/mol. The van der Waals surface area contributed by atoms with Crippen LogP contribution in [0.2, 0.25) is 0 Å². The van der Waals surface area contributed by atoms with E-state index in [4.69, 9.17) is 14.2 Å². The van der Waals surface area contributed by atoms with Crippen LogP contribution in [0.5, 0.6) is 17.2 Å². The average Bonchev–Trinajstić information content (AvgIpc) is 2.84. The van der Waals surface area contributed by atoms with Gasteiger partial charge in [-0.15, -0.1) is 0 Å². The summed E-state index contributed by atoms with van der Waals surface area (Å²) in [4.78, 5) is 2.08. The summed E-state index contributed by atoms with van der Waals surface area (Å²) >= 11 is 0. The van der Waals surface area contributed by atoms with Crippen LogP contribution in [-0.4, -0.2) is 56.6 Å². The van der Waals surface area contributed by atoms with Crippen LogP contribution >= 0.6 is 0 Å².